The Morgan fingerprint density at radius 1 is 1.13 bits per heavy atom. The van der Waals surface area contributed by atoms with Gasteiger partial charge in [-0.2, -0.15) is 0 Å². The number of nitrogens with one attached hydrogen (secondary N) is 1. The first-order valence-corrected chi connectivity index (χ1v) is 9.31. The van der Waals surface area contributed by atoms with E-state index < -0.39 is 5.60 Å². The maximum atomic E-state index is 12.3. The van der Waals surface area contributed by atoms with Gasteiger partial charge in [-0.3, -0.25) is 0 Å². The molecule has 0 saturated carbocycles. The number of hydrogen-bond donors (Lipinski definition) is 1. The van der Waals surface area contributed by atoms with E-state index in [-0.39, 0.29) is 6.09 Å². The molecule has 1 amide bonds. The van der Waals surface area contributed by atoms with E-state index in [2.05, 4.69) is 17.1 Å². The molecule has 0 aromatic carbocycles. The number of amides is 1. The van der Waals surface area contributed by atoms with E-state index in [9.17, 15) is 4.79 Å². The first-order chi connectivity index (χ1) is 10.9. The summed E-state index contributed by atoms with van der Waals surface area (Å²) in [4.78, 5) is 16.7. The molecule has 0 aromatic rings. The molecule has 2 fully saturated rings. The molecular formula is C18H35N3O2. The van der Waals surface area contributed by atoms with Crippen LogP contribution in [0.5, 0.6) is 0 Å². The fourth-order valence-corrected chi connectivity index (χ4v) is 3.57. The average molecular weight is 325 g/mol. The van der Waals surface area contributed by atoms with E-state index in [1.54, 1.807) is 0 Å². The minimum absolute atomic E-state index is 0.155. The van der Waals surface area contributed by atoms with Gasteiger partial charge in [0.05, 0.1) is 0 Å². The number of hydrogen-bond acceptors (Lipinski definition) is 4. The van der Waals surface area contributed by atoms with Crippen LogP contribution >= 0.6 is 0 Å². The smallest absolute Gasteiger partial charge is 0.410 e. The van der Waals surface area contributed by atoms with Gasteiger partial charge >= 0.3 is 6.09 Å². The monoisotopic (exact) mass is 325 g/mol. The number of likely N-dealkylation sites (tertiary alicyclic amines) is 2. The van der Waals surface area contributed by atoms with Gasteiger partial charge in [0.25, 0.3) is 0 Å². The van der Waals surface area contributed by atoms with Crippen molar-refractivity contribution in [3.05, 3.63) is 0 Å². The molecule has 23 heavy (non-hydrogen) atoms. The number of carbonyl (C=O) groups is 1. The van der Waals surface area contributed by atoms with Crippen LogP contribution in [0, 0.1) is 5.92 Å². The first kappa shape index (κ1) is 18.5. The van der Waals surface area contributed by atoms with E-state index in [0.717, 1.165) is 38.4 Å². The lowest BCUT2D eigenvalue weighted by atomic mass is 9.97. The van der Waals surface area contributed by atoms with Crippen molar-refractivity contribution in [2.24, 2.45) is 5.92 Å². The summed E-state index contributed by atoms with van der Waals surface area (Å²) in [6.07, 6.45) is 4.60. The quantitative estimate of drug-likeness (QED) is 0.844. The number of nitrogens with zero attached hydrogens (tertiary/aromatic N) is 2. The van der Waals surface area contributed by atoms with Crippen LogP contribution in [0.25, 0.3) is 0 Å². The third kappa shape index (κ3) is 5.96. The van der Waals surface area contributed by atoms with Crippen LogP contribution in [0.4, 0.5) is 4.79 Å². The zero-order valence-electron chi connectivity index (χ0n) is 15.4. The van der Waals surface area contributed by atoms with Crippen molar-refractivity contribution < 1.29 is 9.53 Å². The second-order valence-corrected chi connectivity index (χ2v) is 8.01. The predicted molar refractivity (Wildman–Crippen MR) is 93.7 cm³/mol. The third-order valence-electron chi connectivity index (χ3n) is 4.97. The molecule has 2 rings (SSSR count). The SMILES string of the molecule is CCN1CCC(CNCC2CCCN2C(=O)OC(C)(C)C)CC1. The molecule has 5 heteroatoms. The van der Waals surface area contributed by atoms with Gasteiger partial charge < -0.3 is 19.9 Å². The molecule has 2 aliphatic rings. The maximum Gasteiger partial charge on any atom is 0.410 e. The van der Waals surface area contributed by atoms with Crippen LogP contribution < -0.4 is 5.32 Å². The zero-order valence-corrected chi connectivity index (χ0v) is 15.4. The first-order valence-electron chi connectivity index (χ1n) is 9.31. The molecular weight excluding hydrogens is 290 g/mol. The van der Waals surface area contributed by atoms with Crippen molar-refractivity contribution in [3.8, 4) is 0 Å². The highest BCUT2D eigenvalue weighted by Gasteiger charge is 2.32. The molecule has 2 saturated heterocycles. The van der Waals surface area contributed by atoms with Crippen LogP contribution in [-0.2, 0) is 4.74 Å². The largest absolute Gasteiger partial charge is 0.444 e. The lowest BCUT2D eigenvalue weighted by Crippen LogP contribution is -2.45. The molecule has 1 atom stereocenters. The molecule has 1 N–H and O–H groups in total. The molecule has 1 unspecified atom stereocenters. The third-order valence-corrected chi connectivity index (χ3v) is 4.97. The highest BCUT2D eigenvalue weighted by molar-refractivity contribution is 5.69. The molecule has 2 aliphatic heterocycles. The van der Waals surface area contributed by atoms with Crippen molar-refractivity contribution >= 4 is 6.09 Å². The van der Waals surface area contributed by atoms with E-state index in [1.165, 1.54) is 32.5 Å². The zero-order chi connectivity index (χ0) is 16.9. The Kier molecular flexibility index (Phi) is 6.72. The van der Waals surface area contributed by atoms with Crippen LogP contribution in [0.1, 0.15) is 53.4 Å². The normalized spacial score (nSPS) is 24.2. The summed E-state index contributed by atoms with van der Waals surface area (Å²) in [5.41, 5.74) is -0.412. The van der Waals surface area contributed by atoms with Gasteiger partial charge in [0, 0.05) is 19.1 Å². The van der Waals surface area contributed by atoms with Crippen LogP contribution in [0.15, 0.2) is 0 Å². The molecule has 134 valence electrons. The van der Waals surface area contributed by atoms with Crippen molar-refractivity contribution in [1.29, 1.82) is 0 Å². The van der Waals surface area contributed by atoms with Gasteiger partial charge in [-0.05, 0) is 78.6 Å². The topological polar surface area (TPSA) is 44.8 Å². The van der Waals surface area contributed by atoms with Gasteiger partial charge in [-0.1, -0.05) is 6.92 Å². The average Bonchev–Trinajstić information content (AvgIpc) is 2.95. The van der Waals surface area contributed by atoms with Crippen LogP contribution in [-0.4, -0.2) is 66.8 Å². The van der Waals surface area contributed by atoms with Crippen molar-refractivity contribution in [2.45, 2.75) is 65.0 Å². The molecule has 5 nitrogen and oxygen atoms in total. The second-order valence-electron chi connectivity index (χ2n) is 8.01. The summed E-state index contributed by atoms with van der Waals surface area (Å²) in [7, 11) is 0. The van der Waals surface area contributed by atoms with Gasteiger partial charge in [0.1, 0.15) is 5.60 Å². The number of piperidine rings is 1. The Morgan fingerprint density at radius 2 is 1.83 bits per heavy atom. The summed E-state index contributed by atoms with van der Waals surface area (Å²) in [6.45, 7) is 14.5. The Balaban J connectivity index is 1.69. The van der Waals surface area contributed by atoms with Gasteiger partial charge in [-0.15, -0.1) is 0 Å². The van der Waals surface area contributed by atoms with E-state index in [0.29, 0.717) is 6.04 Å². The number of rotatable bonds is 5. The van der Waals surface area contributed by atoms with Crippen molar-refractivity contribution in [2.75, 3.05) is 39.3 Å². The highest BCUT2D eigenvalue weighted by atomic mass is 16.6. The predicted octanol–water partition coefficient (Wildman–Crippen LogP) is 2.71. The minimum atomic E-state index is -0.412. The Morgan fingerprint density at radius 3 is 2.43 bits per heavy atom. The summed E-state index contributed by atoms with van der Waals surface area (Å²) in [6, 6.07) is 0.292. The second kappa shape index (κ2) is 8.34. The molecule has 0 radical (unpaired) electrons. The Hall–Kier alpha value is -0.810. The molecule has 2 heterocycles. The van der Waals surface area contributed by atoms with E-state index >= 15 is 0 Å². The lowest BCUT2D eigenvalue weighted by molar-refractivity contribution is 0.0225. The fourth-order valence-electron chi connectivity index (χ4n) is 3.57. The van der Waals surface area contributed by atoms with Gasteiger partial charge in [-0.25, -0.2) is 4.79 Å². The number of carbonyl (C=O) groups excluding carboxylic acids is 1. The van der Waals surface area contributed by atoms with Crippen LogP contribution in [0.3, 0.4) is 0 Å². The summed E-state index contributed by atoms with van der Waals surface area (Å²) >= 11 is 0. The molecule has 0 bridgehead atoms. The van der Waals surface area contributed by atoms with E-state index in [1.807, 2.05) is 25.7 Å². The summed E-state index contributed by atoms with van der Waals surface area (Å²) in [5, 5.41) is 3.61. The summed E-state index contributed by atoms with van der Waals surface area (Å²) in [5.74, 6) is 0.786. The fraction of sp³-hybridized carbons (Fsp3) is 0.944. The van der Waals surface area contributed by atoms with E-state index in [4.69, 9.17) is 4.74 Å². The highest BCUT2D eigenvalue weighted by Crippen LogP contribution is 2.21. The Labute approximate surface area is 141 Å². The summed E-state index contributed by atoms with van der Waals surface area (Å²) < 4.78 is 5.53. The van der Waals surface area contributed by atoms with Crippen LogP contribution in [0.2, 0.25) is 0 Å². The minimum Gasteiger partial charge on any atom is -0.444 e. The van der Waals surface area contributed by atoms with Gasteiger partial charge in [0.2, 0.25) is 0 Å². The van der Waals surface area contributed by atoms with Crippen molar-refractivity contribution in [1.82, 2.24) is 15.1 Å². The molecule has 0 aromatic heterocycles. The number of ether oxygens (including phenoxy) is 1. The molecule has 0 aliphatic carbocycles. The molecule has 0 spiro atoms. The standard InChI is InChI=1S/C18H35N3O2/c1-5-20-11-8-15(9-12-20)13-19-14-16-7-6-10-21(16)17(22)23-18(2,3)4/h15-16,19H,5-14H2,1-4H3. The Bertz CT molecular complexity index is 373. The lowest BCUT2D eigenvalue weighted by Gasteiger charge is -2.32. The van der Waals surface area contributed by atoms with Gasteiger partial charge in [0.15, 0.2) is 0 Å². The van der Waals surface area contributed by atoms with Crippen molar-refractivity contribution in [3.63, 3.8) is 0 Å². The maximum absolute atomic E-state index is 12.3.